The zero-order chi connectivity index (χ0) is 27.5. The number of nitrogens with zero attached hydrogens (tertiary/aromatic N) is 4. The lowest BCUT2D eigenvalue weighted by atomic mass is 9.67. The van der Waals surface area contributed by atoms with Crippen LogP contribution in [0, 0.1) is 13.8 Å². The summed E-state index contributed by atoms with van der Waals surface area (Å²) in [5.41, 5.74) is 7.67. The van der Waals surface area contributed by atoms with E-state index < -0.39 is 17.8 Å². The van der Waals surface area contributed by atoms with E-state index >= 15 is 0 Å². The number of benzene rings is 1. The summed E-state index contributed by atoms with van der Waals surface area (Å²) in [5, 5.41) is 1.03. The molecule has 1 fully saturated rings. The minimum Gasteiger partial charge on any atom is -0.285 e. The molecule has 3 aliphatic heterocycles. The van der Waals surface area contributed by atoms with Gasteiger partial charge in [-0.3, -0.25) is 24.3 Å². The molecule has 6 rings (SSSR count). The van der Waals surface area contributed by atoms with Gasteiger partial charge >= 0.3 is 6.03 Å². The predicted octanol–water partition coefficient (Wildman–Crippen LogP) is 5.94. The minimum atomic E-state index is -0.629. The number of amides is 4. The number of carbonyl (C=O) groups is 3. The Hall–Kier alpha value is -3.78. The summed E-state index contributed by atoms with van der Waals surface area (Å²) in [6.07, 6.45) is 3.53. The quantitative estimate of drug-likeness (QED) is 0.290. The lowest BCUT2D eigenvalue weighted by Gasteiger charge is -2.47. The third kappa shape index (κ3) is 3.07. The van der Waals surface area contributed by atoms with Gasteiger partial charge in [0.25, 0.3) is 11.8 Å². The van der Waals surface area contributed by atoms with Gasteiger partial charge < -0.3 is 0 Å². The van der Waals surface area contributed by atoms with Crippen molar-refractivity contribution in [3.05, 3.63) is 74.3 Å². The summed E-state index contributed by atoms with van der Waals surface area (Å²) in [5.74, 6) is -0.273. The molecule has 3 aromatic rings. The number of pyridine rings is 1. The Bertz CT molecular complexity index is 1620. The molecule has 38 heavy (non-hydrogen) atoms. The molecule has 0 saturated carbocycles. The SMILES string of the molecule is Cc1cnc2c(c1)C(C)(C)c1cc(C)cc3c1N2c1sc(C=C2C(=O)N(C)C(=O)N(C)C2=O)cc1C3(C)C. The smallest absolute Gasteiger partial charge is 0.285 e. The van der Waals surface area contributed by atoms with Crippen molar-refractivity contribution in [1.82, 2.24) is 14.8 Å². The van der Waals surface area contributed by atoms with Gasteiger partial charge in [0.2, 0.25) is 0 Å². The van der Waals surface area contributed by atoms with Crippen LogP contribution in [0.15, 0.2) is 36.0 Å². The fraction of sp³-hybridized carbons (Fsp3) is 0.333. The number of aromatic nitrogens is 1. The van der Waals surface area contributed by atoms with Crippen molar-refractivity contribution in [3.63, 3.8) is 0 Å². The van der Waals surface area contributed by atoms with Gasteiger partial charge in [-0.2, -0.15) is 0 Å². The van der Waals surface area contributed by atoms with Gasteiger partial charge in [0.15, 0.2) is 0 Å². The van der Waals surface area contributed by atoms with Crippen LogP contribution in [0.4, 0.5) is 21.3 Å². The molecule has 8 heteroatoms. The molecule has 194 valence electrons. The second kappa shape index (κ2) is 7.63. The zero-order valence-corrected chi connectivity index (χ0v) is 23.7. The van der Waals surface area contributed by atoms with Crippen LogP contribution in [0.3, 0.4) is 0 Å². The number of fused-ring (bicyclic) bond motifs is 4. The molecule has 0 spiro atoms. The minimum absolute atomic E-state index is 0.0195. The summed E-state index contributed by atoms with van der Waals surface area (Å²) >= 11 is 1.53. The van der Waals surface area contributed by atoms with Gasteiger partial charge in [0, 0.05) is 41.6 Å². The third-order valence-electron chi connectivity index (χ3n) is 8.25. The second-order valence-corrected chi connectivity index (χ2v) is 12.7. The maximum Gasteiger partial charge on any atom is 0.333 e. The monoisotopic (exact) mass is 526 g/mol. The van der Waals surface area contributed by atoms with Gasteiger partial charge in [-0.15, -0.1) is 11.3 Å². The first-order valence-corrected chi connectivity index (χ1v) is 13.5. The van der Waals surface area contributed by atoms with E-state index in [9.17, 15) is 14.4 Å². The van der Waals surface area contributed by atoms with Gasteiger partial charge in [-0.25, -0.2) is 9.78 Å². The number of urea groups is 1. The largest absolute Gasteiger partial charge is 0.333 e. The van der Waals surface area contributed by atoms with E-state index in [0.29, 0.717) is 0 Å². The number of imide groups is 2. The van der Waals surface area contributed by atoms with Crippen molar-refractivity contribution in [2.24, 2.45) is 0 Å². The molecule has 2 aromatic heterocycles. The third-order valence-corrected chi connectivity index (χ3v) is 9.32. The molecule has 4 amide bonds. The summed E-state index contributed by atoms with van der Waals surface area (Å²) in [4.78, 5) is 48.0. The molecule has 0 N–H and O–H groups in total. The highest BCUT2D eigenvalue weighted by Crippen LogP contribution is 2.61. The molecule has 0 unspecified atom stereocenters. The molecule has 5 heterocycles. The van der Waals surface area contributed by atoms with E-state index in [1.807, 2.05) is 6.20 Å². The van der Waals surface area contributed by atoms with E-state index in [1.165, 1.54) is 47.7 Å². The number of hydrogen-bond acceptors (Lipinski definition) is 6. The summed E-state index contributed by atoms with van der Waals surface area (Å²) < 4.78 is 0. The molecule has 3 aliphatic rings. The van der Waals surface area contributed by atoms with Gasteiger partial charge in [-0.05, 0) is 54.3 Å². The van der Waals surface area contributed by atoms with Crippen LogP contribution in [-0.4, -0.2) is 46.7 Å². The van der Waals surface area contributed by atoms with E-state index in [1.54, 1.807) is 6.08 Å². The Labute approximate surface area is 226 Å². The molecule has 0 radical (unpaired) electrons. The Kier molecular flexibility index (Phi) is 4.93. The summed E-state index contributed by atoms with van der Waals surface area (Å²) in [7, 11) is 2.79. The van der Waals surface area contributed by atoms with Crippen LogP contribution in [-0.2, 0) is 20.4 Å². The van der Waals surface area contributed by atoms with Crippen LogP contribution in [0.1, 0.15) is 66.0 Å². The number of anilines is 3. The first-order chi connectivity index (χ1) is 17.7. The van der Waals surface area contributed by atoms with Gasteiger partial charge in [0.1, 0.15) is 16.4 Å². The van der Waals surface area contributed by atoms with Crippen LogP contribution in [0.2, 0.25) is 0 Å². The molecule has 0 aliphatic carbocycles. The molecule has 7 nitrogen and oxygen atoms in total. The Morgan fingerprint density at radius 2 is 1.34 bits per heavy atom. The van der Waals surface area contributed by atoms with Crippen LogP contribution < -0.4 is 4.90 Å². The molecule has 0 atom stereocenters. The van der Waals surface area contributed by atoms with Crippen molar-refractivity contribution >= 4 is 51.8 Å². The molecule has 1 aromatic carbocycles. The topological polar surface area (TPSA) is 73.8 Å². The molecule has 1 saturated heterocycles. The standard InChI is InChI=1S/C30H30N4O3S/c1-15-9-19-23-20(10-15)30(5,6)22-13-17(12-18-25(35)32(7)28(37)33(8)26(18)36)38-27(22)34(23)24-21(29(19,3)4)11-16(2)14-31-24/h9-14H,1-8H3. The summed E-state index contributed by atoms with van der Waals surface area (Å²) in [6, 6.07) is 8.23. The number of rotatable bonds is 1. The van der Waals surface area contributed by atoms with Crippen LogP contribution >= 0.6 is 11.3 Å². The van der Waals surface area contributed by atoms with Crippen LogP contribution in [0.25, 0.3) is 6.08 Å². The number of likely N-dealkylation sites (N-methyl/N-ethyl adjacent to an activating group) is 2. The van der Waals surface area contributed by atoms with Gasteiger partial charge in [-0.1, -0.05) is 45.4 Å². The van der Waals surface area contributed by atoms with Gasteiger partial charge in [0.05, 0.1) is 5.69 Å². The molecular weight excluding hydrogens is 496 g/mol. The molecule has 0 bridgehead atoms. The van der Waals surface area contributed by atoms with Crippen molar-refractivity contribution in [2.75, 3.05) is 19.0 Å². The van der Waals surface area contributed by atoms with Crippen molar-refractivity contribution in [3.8, 4) is 0 Å². The predicted molar refractivity (Wildman–Crippen MR) is 149 cm³/mol. The Morgan fingerprint density at radius 3 is 1.95 bits per heavy atom. The Balaban J connectivity index is 1.61. The first-order valence-electron chi connectivity index (χ1n) is 12.6. The first kappa shape index (κ1) is 24.6. The van der Waals surface area contributed by atoms with E-state index in [-0.39, 0.29) is 16.4 Å². The highest BCUT2D eigenvalue weighted by Gasteiger charge is 2.47. The van der Waals surface area contributed by atoms with E-state index in [2.05, 4.69) is 70.7 Å². The highest BCUT2D eigenvalue weighted by atomic mass is 32.1. The lowest BCUT2D eigenvalue weighted by molar-refractivity contribution is -0.134. The van der Waals surface area contributed by atoms with E-state index in [0.717, 1.165) is 42.3 Å². The highest BCUT2D eigenvalue weighted by molar-refractivity contribution is 7.17. The number of carbonyl (C=O) groups excluding carboxylic acids is 3. The summed E-state index contributed by atoms with van der Waals surface area (Å²) in [6.45, 7) is 13.2. The number of aryl methyl sites for hydroxylation is 2. The second-order valence-electron chi connectivity index (χ2n) is 11.6. The fourth-order valence-corrected chi connectivity index (χ4v) is 7.24. The number of thiophene rings is 1. The normalized spacial score (nSPS) is 18.9. The average molecular weight is 527 g/mol. The zero-order valence-electron chi connectivity index (χ0n) is 22.9. The fourth-order valence-electron chi connectivity index (χ4n) is 5.97. The van der Waals surface area contributed by atoms with Crippen molar-refractivity contribution < 1.29 is 14.4 Å². The maximum absolute atomic E-state index is 12.9. The number of barbiturate groups is 1. The van der Waals surface area contributed by atoms with Crippen LogP contribution in [0.5, 0.6) is 0 Å². The molecular formula is C30H30N4O3S. The van der Waals surface area contributed by atoms with Crippen molar-refractivity contribution in [2.45, 2.75) is 52.4 Å². The average Bonchev–Trinajstić information content (AvgIpc) is 3.29. The maximum atomic E-state index is 12.9. The van der Waals surface area contributed by atoms with E-state index in [4.69, 9.17) is 4.98 Å². The lowest BCUT2D eigenvalue weighted by Crippen LogP contribution is -2.52. The van der Waals surface area contributed by atoms with Crippen molar-refractivity contribution in [1.29, 1.82) is 0 Å². The number of hydrogen-bond donors (Lipinski definition) is 0. The Morgan fingerprint density at radius 1 is 0.789 bits per heavy atom.